The van der Waals surface area contributed by atoms with Crippen LogP contribution in [0.4, 0.5) is 0 Å². The predicted octanol–water partition coefficient (Wildman–Crippen LogP) is -0.911. The average molecular weight is 304 g/mol. The zero-order chi connectivity index (χ0) is 15.3. The molecular formula is C10H12N2O7S. The second kappa shape index (κ2) is 6.32. The first-order valence-corrected chi connectivity index (χ1v) is 6.59. The van der Waals surface area contributed by atoms with E-state index in [4.69, 9.17) is 15.6 Å². The van der Waals surface area contributed by atoms with Gasteiger partial charge < -0.3 is 15.6 Å². The molecule has 0 aliphatic rings. The highest BCUT2D eigenvalue weighted by Crippen LogP contribution is 2.22. The van der Waals surface area contributed by atoms with Gasteiger partial charge in [-0.15, -0.1) is 0 Å². The van der Waals surface area contributed by atoms with Gasteiger partial charge in [-0.2, -0.15) is 0 Å². The molecule has 0 saturated carbocycles. The van der Waals surface area contributed by atoms with Gasteiger partial charge in [-0.05, 0) is 18.2 Å². The number of benzene rings is 1. The number of amides is 1. The number of nitrogens with two attached hydrogens (primary N) is 1. The molecule has 1 rings (SSSR count). The Morgan fingerprint density at radius 2 is 2.05 bits per heavy atom. The van der Waals surface area contributed by atoms with Gasteiger partial charge >= 0.3 is 5.97 Å². The fourth-order valence-electron chi connectivity index (χ4n) is 1.25. The molecule has 0 spiro atoms. The van der Waals surface area contributed by atoms with E-state index in [1.54, 1.807) is 4.89 Å². The highest BCUT2D eigenvalue weighted by atomic mass is 32.2. The number of carbonyl (C=O) groups is 2. The zero-order valence-electron chi connectivity index (χ0n) is 10.3. The van der Waals surface area contributed by atoms with Crippen molar-refractivity contribution in [3.05, 3.63) is 23.8 Å². The second-order valence-corrected chi connectivity index (χ2v) is 5.15. The van der Waals surface area contributed by atoms with E-state index in [9.17, 15) is 18.0 Å². The number of carboxylic acid groups (broad SMARTS) is 1. The summed E-state index contributed by atoms with van der Waals surface area (Å²) in [6.45, 7) is -0.652. The van der Waals surface area contributed by atoms with Crippen molar-refractivity contribution < 1.29 is 32.7 Å². The van der Waals surface area contributed by atoms with Gasteiger partial charge in [0.1, 0.15) is 17.9 Å². The molecule has 110 valence electrons. The molecule has 0 aliphatic heterocycles. The molecule has 0 fully saturated rings. The maximum absolute atomic E-state index is 11.8. The molecule has 0 atom stereocenters. The maximum atomic E-state index is 11.8. The number of ether oxygens (including phenoxy) is 1. The fourth-order valence-corrected chi connectivity index (χ4v) is 2.08. The van der Waals surface area contributed by atoms with Gasteiger partial charge in [0.15, 0.2) is 0 Å². The predicted molar refractivity (Wildman–Crippen MR) is 65.4 cm³/mol. The van der Waals surface area contributed by atoms with Crippen molar-refractivity contribution in [1.82, 2.24) is 4.89 Å². The lowest BCUT2D eigenvalue weighted by atomic mass is 10.2. The Labute approximate surface area is 114 Å². The molecule has 0 unspecified atom stereocenters. The van der Waals surface area contributed by atoms with Crippen LogP contribution < -0.4 is 15.4 Å². The van der Waals surface area contributed by atoms with Crippen LogP contribution in [0.2, 0.25) is 0 Å². The number of sulfonamides is 1. The summed E-state index contributed by atoms with van der Waals surface area (Å²) in [6, 6.07) is 3.21. The number of nitrogens with one attached hydrogen (secondary N) is 1. The first kappa shape index (κ1) is 15.9. The summed E-state index contributed by atoms with van der Waals surface area (Å²) >= 11 is 0. The minimum atomic E-state index is -4.14. The standard InChI is InChI=1S/C10H12N2O7S/c1-18-8-3-2-6(4-7(8)10(14)15)20(16,17)12-19-5-9(11)13/h2-4,12H,5H2,1H3,(H2,11,13)(H,14,15). The highest BCUT2D eigenvalue weighted by molar-refractivity contribution is 7.89. The third-order valence-electron chi connectivity index (χ3n) is 2.09. The molecule has 0 heterocycles. The van der Waals surface area contributed by atoms with Crippen LogP contribution in [0.15, 0.2) is 23.1 Å². The van der Waals surface area contributed by atoms with Gasteiger partial charge in [-0.25, -0.2) is 13.2 Å². The van der Waals surface area contributed by atoms with E-state index >= 15 is 0 Å². The molecule has 0 saturated heterocycles. The molecule has 1 amide bonds. The number of carboxylic acids is 1. The van der Waals surface area contributed by atoms with Crippen LogP contribution in [-0.4, -0.2) is 39.1 Å². The van der Waals surface area contributed by atoms with E-state index in [1.807, 2.05) is 0 Å². The number of rotatable bonds is 7. The third kappa shape index (κ3) is 3.91. The average Bonchev–Trinajstić information content (AvgIpc) is 2.37. The van der Waals surface area contributed by atoms with E-state index in [-0.39, 0.29) is 16.2 Å². The minimum absolute atomic E-state index is 0.00880. The quantitative estimate of drug-likeness (QED) is 0.553. The lowest BCUT2D eigenvalue weighted by Gasteiger charge is -2.09. The van der Waals surface area contributed by atoms with Crippen molar-refractivity contribution in [3.8, 4) is 5.75 Å². The van der Waals surface area contributed by atoms with Crippen molar-refractivity contribution in [2.24, 2.45) is 5.73 Å². The molecule has 9 nitrogen and oxygen atoms in total. The first-order valence-electron chi connectivity index (χ1n) is 5.11. The van der Waals surface area contributed by atoms with Crippen molar-refractivity contribution in [2.45, 2.75) is 4.90 Å². The molecule has 0 bridgehead atoms. The van der Waals surface area contributed by atoms with E-state index in [0.717, 1.165) is 12.1 Å². The van der Waals surface area contributed by atoms with E-state index in [0.29, 0.717) is 0 Å². The summed E-state index contributed by atoms with van der Waals surface area (Å²) < 4.78 is 28.3. The van der Waals surface area contributed by atoms with Crippen LogP contribution in [0.5, 0.6) is 5.75 Å². The first-order chi connectivity index (χ1) is 9.27. The smallest absolute Gasteiger partial charge is 0.339 e. The van der Waals surface area contributed by atoms with Crippen molar-refractivity contribution in [2.75, 3.05) is 13.7 Å². The number of hydrogen-bond donors (Lipinski definition) is 3. The van der Waals surface area contributed by atoms with Crippen molar-refractivity contribution in [3.63, 3.8) is 0 Å². The normalized spacial score (nSPS) is 11.1. The fraction of sp³-hybridized carbons (Fsp3) is 0.200. The summed E-state index contributed by atoms with van der Waals surface area (Å²) in [5.74, 6) is -2.21. The van der Waals surface area contributed by atoms with Crippen molar-refractivity contribution in [1.29, 1.82) is 0 Å². The van der Waals surface area contributed by atoms with Gasteiger partial charge in [0.25, 0.3) is 10.0 Å². The van der Waals surface area contributed by atoms with Gasteiger partial charge in [0.2, 0.25) is 5.91 Å². The Bertz CT molecular complexity index is 626. The molecule has 1 aromatic carbocycles. The van der Waals surface area contributed by atoms with Crippen LogP contribution >= 0.6 is 0 Å². The Balaban J connectivity index is 3.04. The summed E-state index contributed by atoms with van der Waals surface area (Å²) in [4.78, 5) is 27.1. The van der Waals surface area contributed by atoms with Crippen LogP contribution in [0, 0.1) is 0 Å². The SMILES string of the molecule is COc1ccc(S(=O)(=O)NOCC(N)=O)cc1C(=O)O. The Hall–Kier alpha value is -2.17. The van der Waals surface area contributed by atoms with Gasteiger partial charge in [-0.1, -0.05) is 4.89 Å². The highest BCUT2D eigenvalue weighted by Gasteiger charge is 2.19. The summed E-state index contributed by atoms with van der Waals surface area (Å²) in [5, 5.41) is 8.95. The summed E-state index contributed by atoms with van der Waals surface area (Å²) in [5.41, 5.74) is 4.44. The second-order valence-electron chi connectivity index (χ2n) is 3.51. The maximum Gasteiger partial charge on any atom is 0.339 e. The molecule has 0 aromatic heterocycles. The zero-order valence-corrected chi connectivity index (χ0v) is 11.1. The minimum Gasteiger partial charge on any atom is -0.496 e. The Morgan fingerprint density at radius 3 is 2.55 bits per heavy atom. The largest absolute Gasteiger partial charge is 0.496 e. The monoisotopic (exact) mass is 304 g/mol. The van der Waals surface area contributed by atoms with Gasteiger partial charge in [0.05, 0.1) is 12.0 Å². The molecule has 0 aliphatic carbocycles. The Morgan fingerprint density at radius 1 is 1.40 bits per heavy atom. The number of methoxy groups -OCH3 is 1. The summed E-state index contributed by atoms with van der Waals surface area (Å²) in [7, 11) is -2.88. The molecule has 0 radical (unpaired) electrons. The number of aromatic carboxylic acids is 1. The third-order valence-corrected chi connectivity index (χ3v) is 3.31. The summed E-state index contributed by atoms with van der Waals surface area (Å²) in [6.07, 6.45) is 0. The Kier molecular flexibility index (Phi) is 5.02. The van der Waals surface area contributed by atoms with Crippen LogP contribution in [-0.2, 0) is 19.7 Å². The molecule has 20 heavy (non-hydrogen) atoms. The lowest BCUT2D eigenvalue weighted by Crippen LogP contribution is -2.29. The van der Waals surface area contributed by atoms with Crippen LogP contribution in [0.1, 0.15) is 10.4 Å². The van der Waals surface area contributed by atoms with Crippen LogP contribution in [0.3, 0.4) is 0 Å². The molecule has 10 heteroatoms. The number of carbonyl (C=O) groups excluding carboxylic acids is 1. The van der Waals surface area contributed by atoms with E-state index in [2.05, 4.69) is 4.84 Å². The van der Waals surface area contributed by atoms with E-state index < -0.39 is 28.5 Å². The van der Waals surface area contributed by atoms with Gasteiger partial charge in [-0.3, -0.25) is 9.63 Å². The van der Waals surface area contributed by atoms with Crippen molar-refractivity contribution >= 4 is 21.9 Å². The lowest BCUT2D eigenvalue weighted by molar-refractivity contribution is -0.123. The topological polar surface area (TPSA) is 145 Å². The molecule has 4 N–H and O–H groups in total. The number of primary amides is 1. The van der Waals surface area contributed by atoms with E-state index in [1.165, 1.54) is 13.2 Å². The van der Waals surface area contributed by atoms with Gasteiger partial charge in [0, 0.05) is 0 Å². The molecule has 1 aromatic rings. The molecular weight excluding hydrogens is 292 g/mol. The number of hydrogen-bond acceptors (Lipinski definition) is 6. The van der Waals surface area contributed by atoms with Crippen LogP contribution in [0.25, 0.3) is 0 Å².